The van der Waals surface area contributed by atoms with Gasteiger partial charge in [0.05, 0.1) is 13.2 Å². The van der Waals surface area contributed by atoms with Crippen molar-refractivity contribution in [1.29, 1.82) is 0 Å². The van der Waals surface area contributed by atoms with E-state index < -0.39 is 36.3 Å². The SMILES string of the molecule is CCCCCCCCCCCCCC(CC1OC(=O)[C@H]1OCCOC)OC(=O)[C@H](CC(C)C)NC=O. The molecule has 0 saturated carbocycles. The van der Waals surface area contributed by atoms with Crippen LogP contribution < -0.4 is 5.32 Å². The fourth-order valence-electron chi connectivity index (χ4n) is 4.52. The molecule has 1 aliphatic heterocycles. The number of rotatable bonds is 24. The quantitative estimate of drug-likeness (QED) is 0.109. The Morgan fingerprint density at radius 2 is 1.61 bits per heavy atom. The fourth-order valence-corrected chi connectivity index (χ4v) is 4.52. The van der Waals surface area contributed by atoms with Crippen LogP contribution in [0.2, 0.25) is 0 Å². The monoisotopic (exact) mass is 513 g/mol. The maximum Gasteiger partial charge on any atom is 0.339 e. The zero-order valence-electron chi connectivity index (χ0n) is 23.1. The lowest BCUT2D eigenvalue weighted by atomic mass is 9.97. The summed E-state index contributed by atoms with van der Waals surface area (Å²) in [6.45, 7) is 6.92. The predicted octanol–water partition coefficient (Wildman–Crippen LogP) is 5.11. The second-order valence-electron chi connectivity index (χ2n) is 10.3. The summed E-state index contributed by atoms with van der Waals surface area (Å²) in [6.07, 6.45) is 14.3. The lowest BCUT2D eigenvalue weighted by Crippen LogP contribution is -2.54. The summed E-state index contributed by atoms with van der Waals surface area (Å²) in [6, 6.07) is -0.681. The molecule has 1 saturated heterocycles. The Labute approximate surface area is 218 Å². The zero-order valence-corrected chi connectivity index (χ0v) is 23.1. The first-order valence-electron chi connectivity index (χ1n) is 14.1. The van der Waals surface area contributed by atoms with Crippen molar-refractivity contribution in [3.8, 4) is 0 Å². The van der Waals surface area contributed by atoms with Crippen LogP contribution in [-0.4, -0.2) is 63.0 Å². The number of amides is 1. The molecule has 1 rings (SSSR count). The van der Waals surface area contributed by atoms with Gasteiger partial charge in [0, 0.05) is 13.5 Å². The third-order valence-corrected chi connectivity index (χ3v) is 6.59. The third kappa shape index (κ3) is 14.2. The highest BCUT2D eigenvalue weighted by Crippen LogP contribution is 2.26. The molecule has 1 fully saturated rings. The van der Waals surface area contributed by atoms with E-state index in [1.165, 1.54) is 57.8 Å². The first-order valence-corrected chi connectivity index (χ1v) is 14.1. The van der Waals surface area contributed by atoms with Gasteiger partial charge < -0.3 is 24.3 Å². The van der Waals surface area contributed by atoms with E-state index in [2.05, 4.69) is 12.2 Å². The molecule has 8 nitrogen and oxygen atoms in total. The summed E-state index contributed by atoms with van der Waals surface area (Å²) >= 11 is 0. The van der Waals surface area contributed by atoms with E-state index in [9.17, 15) is 14.4 Å². The summed E-state index contributed by atoms with van der Waals surface area (Å²) in [4.78, 5) is 35.7. The van der Waals surface area contributed by atoms with Crippen LogP contribution in [0.5, 0.6) is 0 Å². The van der Waals surface area contributed by atoms with Gasteiger partial charge in [-0.15, -0.1) is 0 Å². The molecule has 8 heteroatoms. The van der Waals surface area contributed by atoms with Gasteiger partial charge in [0.1, 0.15) is 18.2 Å². The second kappa shape index (κ2) is 20.4. The lowest BCUT2D eigenvalue weighted by Gasteiger charge is -2.36. The summed E-state index contributed by atoms with van der Waals surface area (Å²) in [5.41, 5.74) is 0. The number of esters is 2. The molecule has 0 spiro atoms. The van der Waals surface area contributed by atoms with Crippen LogP contribution in [0.25, 0.3) is 0 Å². The van der Waals surface area contributed by atoms with Gasteiger partial charge in [0.25, 0.3) is 0 Å². The van der Waals surface area contributed by atoms with Gasteiger partial charge >= 0.3 is 11.9 Å². The Bertz CT molecular complexity index is 598. The van der Waals surface area contributed by atoms with Crippen LogP contribution in [0.15, 0.2) is 0 Å². The van der Waals surface area contributed by atoms with Crippen molar-refractivity contribution in [3.63, 3.8) is 0 Å². The molecule has 1 aliphatic rings. The van der Waals surface area contributed by atoms with Gasteiger partial charge in [-0.3, -0.25) is 4.79 Å². The topological polar surface area (TPSA) is 100 Å². The summed E-state index contributed by atoms with van der Waals surface area (Å²) < 4.78 is 21.7. The van der Waals surface area contributed by atoms with Crippen LogP contribution in [0, 0.1) is 5.92 Å². The maximum absolute atomic E-state index is 12.8. The van der Waals surface area contributed by atoms with Crippen LogP contribution in [-0.2, 0) is 33.3 Å². The predicted molar refractivity (Wildman–Crippen MR) is 140 cm³/mol. The van der Waals surface area contributed by atoms with Crippen LogP contribution in [0.1, 0.15) is 111 Å². The van der Waals surface area contributed by atoms with Gasteiger partial charge in [-0.1, -0.05) is 85.0 Å². The van der Waals surface area contributed by atoms with E-state index in [4.69, 9.17) is 18.9 Å². The van der Waals surface area contributed by atoms with Crippen LogP contribution >= 0.6 is 0 Å². The molecule has 0 aromatic carbocycles. The van der Waals surface area contributed by atoms with Crippen LogP contribution in [0.3, 0.4) is 0 Å². The minimum atomic E-state index is -0.681. The van der Waals surface area contributed by atoms with E-state index >= 15 is 0 Å². The van der Waals surface area contributed by atoms with Crippen molar-refractivity contribution in [2.24, 2.45) is 5.92 Å². The standard InChI is InChI=1S/C28H51NO7/c1-5-6-7-8-9-10-11-12-13-14-15-16-23(35-27(31)24(29-21-30)19-22(2)3)20-25-26(28(32)36-25)34-18-17-33-4/h21-26H,5-20H2,1-4H3,(H,29,30)/t23?,24-,25?,26-/m0/s1. The number of ether oxygens (including phenoxy) is 4. The Hall–Kier alpha value is -1.67. The van der Waals surface area contributed by atoms with Crippen molar-refractivity contribution < 1.29 is 33.3 Å². The number of carbonyl (C=O) groups excluding carboxylic acids is 3. The summed E-state index contributed by atoms with van der Waals surface area (Å²) in [7, 11) is 1.57. The number of methoxy groups -OCH3 is 1. The lowest BCUT2D eigenvalue weighted by molar-refractivity contribution is -0.212. The van der Waals surface area contributed by atoms with Crippen LogP contribution in [0.4, 0.5) is 0 Å². The average Bonchev–Trinajstić information content (AvgIpc) is 2.84. The molecule has 2 unspecified atom stereocenters. The number of hydrogen-bond acceptors (Lipinski definition) is 7. The zero-order chi connectivity index (χ0) is 26.6. The van der Waals surface area contributed by atoms with Crippen molar-refractivity contribution in [3.05, 3.63) is 0 Å². The number of nitrogens with one attached hydrogen (secondary N) is 1. The smallest absolute Gasteiger partial charge is 0.339 e. The minimum Gasteiger partial charge on any atom is -0.461 e. The molecular weight excluding hydrogens is 462 g/mol. The highest BCUT2D eigenvalue weighted by Gasteiger charge is 2.45. The molecule has 1 heterocycles. The van der Waals surface area contributed by atoms with Gasteiger partial charge in [-0.05, 0) is 25.2 Å². The Balaban J connectivity index is 2.51. The summed E-state index contributed by atoms with van der Waals surface area (Å²) in [5.74, 6) is -0.603. The second-order valence-corrected chi connectivity index (χ2v) is 10.3. The molecule has 1 N–H and O–H groups in total. The van der Waals surface area contributed by atoms with Crippen molar-refractivity contribution in [2.75, 3.05) is 20.3 Å². The number of unbranched alkanes of at least 4 members (excludes halogenated alkanes) is 10. The molecule has 36 heavy (non-hydrogen) atoms. The van der Waals surface area contributed by atoms with E-state index in [1.807, 2.05) is 13.8 Å². The highest BCUT2D eigenvalue weighted by atomic mass is 16.6. The van der Waals surface area contributed by atoms with E-state index in [1.54, 1.807) is 7.11 Å². The number of hydrogen-bond donors (Lipinski definition) is 1. The van der Waals surface area contributed by atoms with Gasteiger partial charge in [-0.2, -0.15) is 0 Å². The normalized spacial score (nSPS) is 18.9. The molecule has 1 amide bonds. The third-order valence-electron chi connectivity index (χ3n) is 6.59. The molecule has 0 aromatic rings. The molecule has 0 radical (unpaired) electrons. The van der Waals surface area contributed by atoms with Gasteiger partial charge in [0.2, 0.25) is 6.41 Å². The summed E-state index contributed by atoms with van der Waals surface area (Å²) in [5, 5.41) is 2.58. The maximum atomic E-state index is 12.8. The number of cyclic esters (lactones) is 1. The highest BCUT2D eigenvalue weighted by molar-refractivity contribution is 5.81. The Morgan fingerprint density at radius 3 is 2.14 bits per heavy atom. The Kier molecular flexibility index (Phi) is 18.3. The average molecular weight is 514 g/mol. The van der Waals surface area contributed by atoms with E-state index in [0.717, 1.165) is 12.8 Å². The fraction of sp³-hybridized carbons (Fsp3) is 0.893. The molecule has 4 atom stereocenters. The van der Waals surface area contributed by atoms with Crippen molar-refractivity contribution >= 4 is 18.3 Å². The van der Waals surface area contributed by atoms with Gasteiger partial charge in [-0.25, -0.2) is 9.59 Å². The number of carbonyl (C=O) groups is 3. The molecular formula is C28H51NO7. The molecule has 0 bridgehead atoms. The van der Waals surface area contributed by atoms with E-state index in [-0.39, 0.29) is 5.92 Å². The molecule has 0 aromatic heterocycles. The molecule has 210 valence electrons. The van der Waals surface area contributed by atoms with E-state index in [0.29, 0.717) is 38.9 Å². The van der Waals surface area contributed by atoms with Crippen molar-refractivity contribution in [2.45, 2.75) is 135 Å². The minimum absolute atomic E-state index is 0.228. The Morgan fingerprint density at radius 1 is 1.00 bits per heavy atom. The van der Waals surface area contributed by atoms with Crippen molar-refractivity contribution in [1.82, 2.24) is 5.32 Å². The largest absolute Gasteiger partial charge is 0.461 e. The first-order chi connectivity index (χ1) is 17.4. The molecule has 0 aliphatic carbocycles. The van der Waals surface area contributed by atoms with Gasteiger partial charge in [0.15, 0.2) is 6.10 Å². The first kappa shape index (κ1) is 32.4.